The first-order valence-electron chi connectivity index (χ1n) is 6.53. The van der Waals surface area contributed by atoms with Crippen molar-refractivity contribution in [3.8, 4) is 0 Å². The number of benzene rings is 1. The molecule has 0 saturated carbocycles. The second-order valence-electron chi connectivity index (χ2n) is 5.12. The topological polar surface area (TPSA) is 61.6 Å². The normalized spacial score (nSPS) is 10.8. The Morgan fingerprint density at radius 1 is 1.26 bits per heavy atom. The lowest BCUT2D eigenvalue weighted by molar-refractivity contribution is 0.0277. The van der Waals surface area contributed by atoms with Gasteiger partial charge in [-0.05, 0) is 43.0 Å². The molecule has 2 N–H and O–H groups in total. The molecule has 1 aromatic rings. The number of hydrogen-bond acceptors (Lipinski definition) is 4. The number of carbonyl (C=O) groups excluding carboxylic acids is 1. The lowest BCUT2D eigenvalue weighted by Gasteiger charge is -2.11. The first-order chi connectivity index (χ1) is 8.91. The van der Waals surface area contributed by atoms with Crippen LogP contribution in [0.4, 0.5) is 5.69 Å². The van der Waals surface area contributed by atoms with Crippen molar-refractivity contribution in [2.45, 2.75) is 27.7 Å². The number of aryl methyl sites for hydroxylation is 1. The van der Waals surface area contributed by atoms with E-state index in [1.807, 2.05) is 19.9 Å². The molecule has 0 heterocycles. The van der Waals surface area contributed by atoms with E-state index in [0.29, 0.717) is 30.4 Å². The first-order valence-corrected chi connectivity index (χ1v) is 6.53. The monoisotopic (exact) mass is 265 g/mol. The van der Waals surface area contributed by atoms with Gasteiger partial charge in [-0.1, -0.05) is 13.8 Å². The highest BCUT2D eigenvalue weighted by atomic mass is 16.6. The number of nitrogen functional groups attached to an aromatic ring is 1. The molecule has 0 atom stereocenters. The van der Waals surface area contributed by atoms with Gasteiger partial charge in [-0.3, -0.25) is 0 Å². The van der Waals surface area contributed by atoms with E-state index in [4.69, 9.17) is 15.2 Å². The molecule has 0 amide bonds. The molecule has 0 radical (unpaired) electrons. The van der Waals surface area contributed by atoms with Gasteiger partial charge in [0.15, 0.2) is 0 Å². The molecule has 0 spiro atoms. The van der Waals surface area contributed by atoms with Crippen LogP contribution in [0, 0.1) is 19.8 Å². The van der Waals surface area contributed by atoms with Crippen molar-refractivity contribution in [2.75, 3.05) is 25.6 Å². The highest BCUT2D eigenvalue weighted by Gasteiger charge is 2.12. The summed E-state index contributed by atoms with van der Waals surface area (Å²) >= 11 is 0. The molecule has 0 fully saturated rings. The summed E-state index contributed by atoms with van der Waals surface area (Å²) in [6, 6.07) is 3.50. The quantitative estimate of drug-likeness (QED) is 0.488. The van der Waals surface area contributed by atoms with Crippen LogP contribution in [0.1, 0.15) is 35.3 Å². The summed E-state index contributed by atoms with van der Waals surface area (Å²) in [7, 11) is 0. The average molecular weight is 265 g/mol. The maximum Gasteiger partial charge on any atom is 0.338 e. The van der Waals surface area contributed by atoms with Gasteiger partial charge in [-0.15, -0.1) is 0 Å². The van der Waals surface area contributed by atoms with Crippen LogP contribution in [0.3, 0.4) is 0 Å². The second-order valence-corrected chi connectivity index (χ2v) is 5.12. The fourth-order valence-electron chi connectivity index (χ4n) is 1.69. The average Bonchev–Trinajstić information content (AvgIpc) is 2.32. The SMILES string of the molecule is Cc1cc(N)cc(C(=O)OCCOCC(C)C)c1C. The van der Waals surface area contributed by atoms with Crippen molar-refractivity contribution in [3.05, 3.63) is 28.8 Å². The number of anilines is 1. The van der Waals surface area contributed by atoms with E-state index in [0.717, 1.165) is 11.1 Å². The van der Waals surface area contributed by atoms with Gasteiger partial charge in [-0.2, -0.15) is 0 Å². The largest absolute Gasteiger partial charge is 0.460 e. The van der Waals surface area contributed by atoms with Gasteiger partial charge in [0, 0.05) is 12.3 Å². The molecule has 0 aromatic heterocycles. The van der Waals surface area contributed by atoms with E-state index in [1.165, 1.54) is 0 Å². The highest BCUT2D eigenvalue weighted by Crippen LogP contribution is 2.18. The summed E-state index contributed by atoms with van der Waals surface area (Å²) in [6.07, 6.45) is 0. The Morgan fingerprint density at radius 3 is 2.58 bits per heavy atom. The smallest absolute Gasteiger partial charge is 0.338 e. The lowest BCUT2D eigenvalue weighted by atomic mass is 10.0. The summed E-state index contributed by atoms with van der Waals surface area (Å²) in [5.74, 6) is 0.135. The molecule has 1 aromatic carbocycles. The molecule has 4 nitrogen and oxygen atoms in total. The molecule has 19 heavy (non-hydrogen) atoms. The van der Waals surface area contributed by atoms with Gasteiger partial charge in [0.1, 0.15) is 6.61 Å². The predicted molar refractivity (Wildman–Crippen MR) is 76.3 cm³/mol. The van der Waals surface area contributed by atoms with Crippen molar-refractivity contribution in [3.63, 3.8) is 0 Å². The molecular weight excluding hydrogens is 242 g/mol. The van der Waals surface area contributed by atoms with E-state index in [2.05, 4.69) is 13.8 Å². The third-order valence-corrected chi connectivity index (χ3v) is 2.82. The van der Waals surface area contributed by atoms with E-state index in [-0.39, 0.29) is 12.6 Å². The predicted octanol–water partition coefficient (Wildman–Crippen LogP) is 2.72. The van der Waals surface area contributed by atoms with Gasteiger partial charge in [0.25, 0.3) is 0 Å². The lowest BCUT2D eigenvalue weighted by Crippen LogP contribution is -2.14. The van der Waals surface area contributed by atoms with Crippen molar-refractivity contribution < 1.29 is 14.3 Å². The van der Waals surface area contributed by atoms with Gasteiger partial charge in [-0.25, -0.2) is 4.79 Å². The summed E-state index contributed by atoms with van der Waals surface area (Å²) in [5.41, 5.74) is 8.74. The molecule has 4 heteroatoms. The highest BCUT2D eigenvalue weighted by molar-refractivity contribution is 5.92. The summed E-state index contributed by atoms with van der Waals surface area (Å²) in [5, 5.41) is 0. The zero-order chi connectivity index (χ0) is 14.4. The minimum absolute atomic E-state index is 0.263. The molecule has 106 valence electrons. The Hall–Kier alpha value is -1.55. The molecule has 0 bridgehead atoms. The van der Waals surface area contributed by atoms with Crippen molar-refractivity contribution >= 4 is 11.7 Å². The van der Waals surface area contributed by atoms with Crippen LogP contribution in [-0.4, -0.2) is 25.8 Å². The van der Waals surface area contributed by atoms with Crippen molar-refractivity contribution in [1.82, 2.24) is 0 Å². The zero-order valence-corrected chi connectivity index (χ0v) is 12.2. The number of carbonyl (C=O) groups is 1. The number of hydrogen-bond donors (Lipinski definition) is 1. The van der Waals surface area contributed by atoms with Crippen LogP contribution in [0.2, 0.25) is 0 Å². The molecule has 0 aliphatic carbocycles. The summed E-state index contributed by atoms with van der Waals surface area (Å²) in [4.78, 5) is 11.9. The first kappa shape index (κ1) is 15.5. The Bertz CT molecular complexity index is 441. The molecule has 0 aliphatic heterocycles. The molecule has 0 saturated heterocycles. The maximum atomic E-state index is 11.9. The van der Waals surface area contributed by atoms with E-state index in [1.54, 1.807) is 6.07 Å². The number of rotatable bonds is 6. The van der Waals surface area contributed by atoms with Gasteiger partial charge in [0.05, 0.1) is 12.2 Å². The van der Waals surface area contributed by atoms with Crippen molar-refractivity contribution in [1.29, 1.82) is 0 Å². The third kappa shape index (κ3) is 4.91. The third-order valence-electron chi connectivity index (χ3n) is 2.82. The maximum absolute atomic E-state index is 11.9. The molecule has 1 rings (SSSR count). The van der Waals surface area contributed by atoms with Crippen LogP contribution < -0.4 is 5.73 Å². The second kappa shape index (κ2) is 7.14. The molecular formula is C15H23NO3. The Balaban J connectivity index is 2.50. The van der Waals surface area contributed by atoms with Gasteiger partial charge >= 0.3 is 5.97 Å². The van der Waals surface area contributed by atoms with Gasteiger partial charge < -0.3 is 15.2 Å². The molecule has 0 aliphatic rings. The van der Waals surface area contributed by atoms with E-state index >= 15 is 0 Å². The van der Waals surface area contributed by atoms with E-state index in [9.17, 15) is 4.79 Å². The number of esters is 1. The standard InChI is InChI=1S/C15H23NO3/c1-10(2)9-18-5-6-19-15(17)14-8-13(16)7-11(3)12(14)4/h7-8,10H,5-6,9,16H2,1-4H3. The zero-order valence-electron chi connectivity index (χ0n) is 12.2. The van der Waals surface area contributed by atoms with E-state index < -0.39 is 0 Å². The Labute approximate surface area is 114 Å². The van der Waals surface area contributed by atoms with Crippen LogP contribution in [0.25, 0.3) is 0 Å². The number of ether oxygens (including phenoxy) is 2. The van der Waals surface area contributed by atoms with Crippen molar-refractivity contribution in [2.24, 2.45) is 5.92 Å². The minimum Gasteiger partial charge on any atom is -0.460 e. The van der Waals surface area contributed by atoms with Gasteiger partial charge in [0.2, 0.25) is 0 Å². The summed E-state index contributed by atoms with van der Waals surface area (Å²) < 4.78 is 10.5. The number of nitrogens with two attached hydrogens (primary N) is 1. The van der Waals surface area contributed by atoms with Crippen LogP contribution >= 0.6 is 0 Å². The Kier molecular flexibility index (Phi) is 5.83. The minimum atomic E-state index is -0.346. The van der Waals surface area contributed by atoms with Crippen LogP contribution in [0.5, 0.6) is 0 Å². The van der Waals surface area contributed by atoms with Crippen LogP contribution in [-0.2, 0) is 9.47 Å². The fourth-order valence-corrected chi connectivity index (χ4v) is 1.69. The molecule has 0 unspecified atom stereocenters. The summed E-state index contributed by atoms with van der Waals surface area (Å²) in [6.45, 7) is 9.32. The van der Waals surface area contributed by atoms with Crippen LogP contribution in [0.15, 0.2) is 12.1 Å². The Morgan fingerprint density at radius 2 is 1.95 bits per heavy atom. The fraction of sp³-hybridized carbons (Fsp3) is 0.533.